The van der Waals surface area contributed by atoms with E-state index < -0.39 is 37.0 Å². The Hall–Kier alpha value is -3.75. The van der Waals surface area contributed by atoms with E-state index in [0.717, 1.165) is 9.80 Å². The zero-order chi connectivity index (χ0) is 24.4. The maximum absolute atomic E-state index is 13.2. The number of alkyl halides is 2. The second-order valence-corrected chi connectivity index (χ2v) is 8.22. The van der Waals surface area contributed by atoms with E-state index in [1.807, 2.05) is 0 Å². The van der Waals surface area contributed by atoms with Gasteiger partial charge in [0.25, 0.3) is 23.6 Å². The lowest BCUT2D eigenvalue weighted by molar-refractivity contribution is -0.119. The molecule has 0 radical (unpaired) electrons. The molecule has 0 N–H and O–H groups in total. The third-order valence-electron chi connectivity index (χ3n) is 6.13. The van der Waals surface area contributed by atoms with Crippen LogP contribution in [0.25, 0.3) is 0 Å². The number of rotatable bonds is 10. The van der Waals surface area contributed by atoms with Gasteiger partial charge >= 0.3 is 0 Å². The first kappa shape index (κ1) is 23.4. The molecule has 0 aliphatic carbocycles. The highest BCUT2D eigenvalue weighted by molar-refractivity contribution is 6.22. The van der Waals surface area contributed by atoms with Gasteiger partial charge in [-0.2, -0.15) is 0 Å². The molecule has 0 aromatic heterocycles. The Morgan fingerprint density at radius 2 is 1.06 bits per heavy atom. The summed E-state index contributed by atoms with van der Waals surface area (Å²) in [6.07, 6.45) is 0.721. The van der Waals surface area contributed by atoms with Gasteiger partial charge in [0.15, 0.2) is 0 Å². The number of carbonyl (C=O) groups is 5. The lowest BCUT2D eigenvalue weighted by atomic mass is 10.0. The van der Waals surface area contributed by atoms with Crippen molar-refractivity contribution in [1.29, 1.82) is 0 Å². The lowest BCUT2D eigenvalue weighted by Crippen LogP contribution is -2.31. The van der Waals surface area contributed by atoms with Gasteiger partial charge < -0.3 is 0 Å². The number of ketones is 1. The van der Waals surface area contributed by atoms with Gasteiger partial charge in [0.1, 0.15) is 19.1 Å². The van der Waals surface area contributed by atoms with Crippen LogP contribution in [0.4, 0.5) is 8.78 Å². The molecule has 4 amide bonds. The van der Waals surface area contributed by atoms with E-state index in [2.05, 4.69) is 0 Å². The highest BCUT2D eigenvalue weighted by Crippen LogP contribution is 2.28. The second-order valence-electron chi connectivity index (χ2n) is 8.22. The molecule has 0 fully saturated rings. The van der Waals surface area contributed by atoms with Crippen LogP contribution in [-0.2, 0) is 18.1 Å². The van der Waals surface area contributed by atoms with Crippen LogP contribution in [0, 0.1) is 0 Å². The standard InChI is InChI=1S/C25H22F2N2O5/c26-13-15-5-1-9-18-20(15)24(33)28(22(18)31)11-3-7-17(30)8-4-12-29-23(32)19-10-2-6-16(14-27)21(19)25(29)34/h1-2,5-6,9-10H,3-4,7-8,11-14H2. The molecule has 2 aromatic carbocycles. The number of nitrogens with zero attached hydrogens (tertiary/aromatic N) is 2. The van der Waals surface area contributed by atoms with E-state index in [4.69, 9.17) is 0 Å². The molecule has 2 aromatic rings. The van der Waals surface area contributed by atoms with Crippen LogP contribution in [0.3, 0.4) is 0 Å². The second kappa shape index (κ2) is 9.62. The molecule has 0 spiro atoms. The number of hydrogen-bond acceptors (Lipinski definition) is 5. The molecular weight excluding hydrogens is 446 g/mol. The summed E-state index contributed by atoms with van der Waals surface area (Å²) in [5, 5.41) is 0. The van der Waals surface area contributed by atoms with Crippen LogP contribution in [0.5, 0.6) is 0 Å². The van der Waals surface area contributed by atoms with Crippen molar-refractivity contribution in [3.8, 4) is 0 Å². The van der Waals surface area contributed by atoms with Crippen molar-refractivity contribution >= 4 is 29.4 Å². The predicted molar refractivity (Wildman–Crippen MR) is 117 cm³/mol. The Kier molecular flexibility index (Phi) is 6.63. The van der Waals surface area contributed by atoms with Crippen LogP contribution in [0.2, 0.25) is 0 Å². The molecule has 2 heterocycles. The molecule has 0 bridgehead atoms. The van der Waals surface area contributed by atoms with Gasteiger partial charge in [-0.25, -0.2) is 8.78 Å². The Bertz CT molecular complexity index is 1120. The van der Waals surface area contributed by atoms with Gasteiger partial charge in [-0.1, -0.05) is 24.3 Å². The summed E-state index contributed by atoms with van der Waals surface area (Å²) in [6, 6.07) is 8.94. The minimum Gasteiger partial charge on any atom is -0.300 e. The van der Waals surface area contributed by atoms with Gasteiger partial charge in [0, 0.05) is 25.9 Å². The van der Waals surface area contributed by atoms with E-state index in [-0.39, 0.29) is 77.9 Å². The first-order valence-electron chi connectivity index (χ1n) is 11.0. The number of Topliss-reactive ketones (excluding diaryl/α,β-unsaturated/α-hetero) is 1. The maximum Gasteiger partial charge on any atom is 0.261 e. The highest BCUT2D eigenvalue weighted by Gasteiger charge is 2.38. The molecule has 0 unspecified atom stereocenters. The number of fused-ring (bicyclic) bond motifs is 2. The predicted octanol–water partition coefficient (Wildman–Crippen LogP) is 3.65. The van der Waals surface area contributed by atoms with Crippen LogP contribution < -0.4 is 0 Å². The van der Waals surface area contributed by atoms with Crippen molar-refractivity contribution in [2.24, 2.45) is 0 Å². The van der Waals surface area contributed by atoms with Crippen molar-refractivity contribution in [1.82, 2.24) is 9.80 Å². The Labute approximate surface area is 194 Å². The zero-order valence-corrected chi connectivity index (χ0v) is 18.3. The summed E-state index contributed by atoms with van der Waals surface area (Å²) in [5.41, 5.74) is 0.838. The maximum atomic E-state index is 13.2. The molecule has 2 aliphatic heterocycles. The van der Waals surface area contributed by atoms with E-state index in [0.29, 0.717) is 0 Å². The summed E-state index contributed by atoms with van der Waals surface area (Å²) in [4.78, 5) is 64.4. The quantitative estimate of drug-likeness (QED) is 0.497. The normalized spacial score (nSPS) is 14.8. The SMILES string of the molecule is O=C(CCCN1C(=O)c2cccc(CF)c2C1=O)CCCN1C(=O)c2cccc(CF)c2C1=O. The average molecular weight is 468 g/mol. The molecule has 7 nitrogen and oxygen atoms in total. The van der Waals surface area contributed by atoms with Crippen LogP contribution >= 0.6 is 0 Å². The fourth-order valence-corrected chi connectivity index (χ4v) is 4.43. The van der Waals surface area contributed by atoms with Gasteiger partial charge in [-0.3, -0.25) is 33.8 Å². The van der Waals surface area contributed by atoms with E-state index in [1.54, 1.807) is 0 Å². The molecule has 4 rings (SSSR count). The van der Waals surface area contributed by atoms with Crippen molar-refractivity contribution in [2.75, 3.05) is 13.1 Å². The monoisotopic (exact) mass is 468 g/mol. The zero-order valence-electron chi connectivity index (χ0n) is 18.3. The van der Waals surface area contributed by atoms with E-state index in [9.17, 15) is 32.8 Å². The van der Waals surface area contributed by atoms with E-state index >= 15 is 0 Å². The fraction of sp³-hybridized carbons (Fsp3) is 0.320. The lowest BCUT2D eigenvalue weighted by Gasteiger charge is -2.14. The molecule has 0 saturated heterocycles. The third-order valence-corrected chi connectivity index (χ3v) is 6.13. The van der Waals surface area contributed by atoms with Gasteiger partial charge in [0.05, 0.1) is 22.3 Å². The molecule has 34 heavy (non-hydrogen) atoms. The number of imide groups is 2. The summed E-state index contributed by atoms with van der Waals surface area (Å²) < 4.78 is 26.3. The first-order valence-corrected chi connectivity index (χ1v) is 11.0. The molecule has 9 heteroatoms. The van der Waals surface area contributed by atoms with Crippen LogP contribution in [0.1, 0.15) is 78.2 Å². The topological polar surface area (TPSA) is 91.8 Å². The number of amides is 4. The smallest absolute Gasteiger partial charge is 0.261 e. The van der Waals surface area contributed by atoms with Crippen molar-refractivity contribution < 1.29 is 32.8 Å². The molecule has 2 aliphatic rings. The fourth-order valence-electron chi connectivity index (χ4n) is 4.43. The third kappa shape index (κ3) is 4.02. The number of benzene rings is 2. The van der Waals surface area contributed by atoms with Crippen molar-refractivity contribution in [3.63, 3.8) is 0 Å². The minimum atomic E-state index is -0.850. The average Bonchev–Trinajstić information content (AvgIpc) is 3.24. The summed E-state index contributed by atoms with van der Waals surface area (Å²) in [6.45, 7) is -1.63. The van der Waals surface area contributed by atoms with Crippen molar-refractivity contribution in [2.45, 2.75) is 39.0 Å². The Morgan fingerprint density at radius 3 is 1.44 bits per heavy atom. The van der Waals surface area contributed by atoms with Gasteiger partial charge in [0.2, 0.25) is 0 Å². The van der Waals surface area contributed by atoms with Gasteiger partial charge in [-0.05, 0) is 36.1 Å². The summed E-state index contributed by atoms with van der Waals surface area (Å²) in [5.74, 6) is -2.25. The van der Waals surface area contributed by atoms with Crippen molar-refractivity contribution in [3.05, 3.63) is 69.8 Å². The number of halogens is 2. The Balaban J connectivity index is 1.25. The summed E-state index contributed by atoms with van der Waals surface area (Å²) in [7, 11) is 0. The number of carbonyl (C=O) groups excluding carboxylic acids is 5. The van der Waals surface area contributed by atoms with Gasteiger partial charge in [-0.15, -0.1) is 0 Å². The van der Waals surface area contributed by atoms with Crippen LogP contribution in [-0.4, -0.2) is 52.3 Å². The Morgan fingerprint density at radius 1 is 0.647 bits per heavy atom. The van der Waals surface area contributed by atoms with Crippen LogP contribution in [0.15, 0.2) is 36.4 Å². The molecular formula is C25H22F2N2O5. The molecule has 176 valence electrons. The summed E-state index contributed by atoms with van der Waals surface area (Å²) >= 11 is 0. The first-order chi connectivity index (χ1) is 16.4. The molecule has 0 atom stereocenters. The largest absolute Gasteiger partial charge is 0.300 e. The molecule has 0 saturated carbocycles. The minimum absolute atomic E-state index is 0.0359. The number of hydrogen-bond donors (Lipinski definition) is 0. The van der Waals surface area contributed by atoms with E-state index in [1.165, 1.54) is 36.4 Å². The highest BCUT2D eigenvalue weighted by atomic mass is 19.1.